The summed E-state index contributed by atoms with van der Waals surface area (Å²) in [5.74, 6) is -2.79. The predicted octanol–water partition coefficient (Wildman–Crippen LogP) is 0.430. The lowest BCUT2D eigenvalue weighted by Gasteiger charge is -2.11. The van der Waals surface area contributed by atoms with Gasteiger partial charge in [-0.1, -0.05) is 0 Å². The summed E-state index contributed by atoms with van der Waals surface area (Å²) in [6, 6.07) is 1.45. The minimum atomic E-state index is -4.05. The normalized spacial score (nSPS) is 22.5. The molecule has 2 rings (SSSR count). The van der Waals surface area contributed by atoms with Gasteiger partial charge in [0.05, 0.1) is 16.4 Å². The molecule has 1 saturated heterocycles. The minimum absolute atomic E-state index is 0.0854. The average molecular weight is 311 g/mol. The monoisotopic (exact) mass is 311 g/mol. The third kappa shape index (κ3) is 3.28. The molecule has 1 aliphatic rings. The second-order valence-electron chi connectivity index (χ2n) is 4.30. The van der Waals surface area contributed by atoms with Gasteiger partial charge in [-0.25, -0.2) is 30.3 Å². The summed E-state index contributed by atoms with van der Waals surface area (Å²) in [6.45, 7) is 0. The smallest absolute Gasteiger partial charge is 0.229 e. The minimum Gasteiger partial charge on any atom is -0.229 e. The van der Waals surface area contributed by atoms with Gasteiger partial charge in [-0.3, -0.25) is 0 Å². The molecule has 0 amide bonds. The van der Waals surface area contributed by atoms with Crippen LogP contribution in [0, 0.1) is 11.6 Å². The van der Waals surface area contributed by atoms with E-state index >= 15 is 0 Å². The van der Waals surface area contributed by atoms with E-state index in [1.165, 1.54) is 0 Å². The first-order valence-corrected chi connectivity index (χ1v) is 8.68. The zero-order chi connectivity index (χ0) is 14.3. The Hall–Kier alpha value is -1.06. The van der Waals surface area contributed by atoms with E-state index in [9.17, 15) is 25.6 Å². The SMILES string of the molecule is O=S1(=O)CCC(NS(=O)(=O)c2ccc(F)c(F)c2)C1. The summed E-state index contributed by atoms with van der Waals surface area (Å²) in [7, 11) is -7.28. The van der Waals surface area contributed by atoms with Crippen LogP contribution in [0.3, 0.4) is 0 Å². The van der Waals surface area contributed by atoms with Gasteiger partial charge in [0, 0.05) is 6.04 Å². The Morgan fingerprint density at radius 3 is 2.42 bits per heavy atom. The van der Waals surface area contributed by atoms with E-state index in [0.717, 1.165) is 6.07 Å². The zero-order valence-electron chi connectivity index (χ0n) is 9.64. The third-order valence-corrected chi connectivity index (χ3v) is 6.04. The molecule has 1 atom stereocenters. The summed E-state index contributed by atoms with van der Waals surface area (Å²) in [4.78, 5) is -0.435. The average Bonchev–Trinajstić information content (AvgIpc) is 2.61. The molecule has 1 unspecified atom stereocenters. The van der Waals surface area contributed by atoms with Crippen LogP contribution in [0.15, 0.2) is 23.1 Å². The molecule has 1 N–H and O–H groups in total. The molecule has 0 saturated carbocycles. The van der Waals surface area contributed by atoms with Crippen molar-refractivity contribution in [3.8, 4) is 0 Å². The van der Waals surface area contributed by atoms with Crippen molar-refractivity contribution in [1.29, 1.82) is 0 Å². The van der Waals surface area contributed by atoms with Crippen LogP contribution in [0.1, 0.15) is 6.42 Å². The van der Waals surface area contributed by atoms with Crippen molar-refractivity contribution in [1.82, 2.24) is 4.72 Å². The van der Waals surface area contributed by atoms with Crippen molar-refractivity contribution in [2.24, 2.45) is 0 Å². The van der Waals surface area contributed by atoms with Crippen LogP contribution in [0.2, 0.25) is 0 Å². The summed E-state index contributed by atoms with van der Waals surface area (Å²) < 4.78 is 74.1. The van der Waals surface area contributed by atoms with Crippen molar-refractivity contribution < 1.29 is 25.6 Å². The Labute approximate surface area is 109 Å². The van der Waals surface area contributed by atoms with Crippen LogP contribution in [0.5, 0.6) is 0 Å². The number of hydrogen-bond donors (Lipinski definition) is 1. The van der Waals surface area contributed by atoms with Crippen molar-refractivity contribution in [3.05, 3.63) is 29.8 Å². The highest BCUT2D eigenvalue weighted by Crippen LogP contribution is 2.17. The molecule has 106 valence electrons. The molecule has 1 aliphatic heterocycles. The molecule has 0 aliphatic carbocycles. The molecule has 0 spiro atoms. The number of sulfonamides is 1. The highest BCUT2D eigenvalue weighted by atomic mass is 32.2. The van der Waals surface area contributed by atoms with E-state index in [1.807, 2.05) is 0 Å². The molecule has 0 radical (unpaired) electrons. The summed E-state index contributed by atoms with van der Waals surface area (Å²) in [5.41, 5.74) is 0. The lowest BCUT2D eigenvalue weighted by atomic mass is 10.3. The van der Waals surface area contributed by atoms with Gasteiger partial charge < -0.3 is 0 Å². The van der Waals surface area contributed by atoms with Crippen LogP contribution < -0.4 is 4.72 Å². The Kier molecular flexibility index (Phi) is 3.63. The van der Waals surface area contributed by atoms with Crippen molar-refractivity contribution in [3.63, 3.8) is 0 Å². The second kappa shape index (κ2) is 4.80. The number of rotatable bonds is 3. The topological polar surface area (TPSA) is 80.3 Å². The van der Waals surface area contributed by atoms with Crippen LogP contribution >= 0.6 is 0 Å². The molecule has 9 heteroatoms. The molecule has 1 aromatic rings. The Bertz CT molecular complexity index is 700. The van der Waals surface area contributed by atoms with E-state index in [1.54, 1.807) is 0 Å². The van der Waals surface area contributed by atoms with Gasteiger partial charge in [0.25, 0.3) is 0 Å². The summed E-state index contributed by atoms with van der Waals surface area (Å²) >= 11 is 0. The summed E-state index contributed by atoms with van der Waals surface area (Å²) in [6.07, 6.45) is 0.172. The molecular formula is C10H11F2NO4S2. The lowest BCUT2D eigenvalue weighted by molar-refractivity contribution is 0.503. The number of halogens is 2. The molecule has 19 heavy (non-hydrogen) atoms. The first-order valence-electron chi connectivity index (χ1n) is 5.37. The fraction of sp³-hybridized carbons (Fsp3) is 0.400. The molecule has 5 nitrogen and oxygen atoms in total. The predicted molar refractivity (Wildman–Crippen MR) is 63.7 cm³/mol. The van der Waals surface area contributed by atoms with E-state index < -0.39 is 42.4 Å². The fourth-order valence-electron chi connectivity index (χ4n) is 1.82. The summed E-state index contributed by atoms with van der Waals surface area (Å²) in [5, 5.41) is 0. The number of nitrogens with one attached hydrogen (secondary N) is 1. The number of sulfone groups is 1. The van der Waals surface area contributed by atoms with Crippen molar-refractivity contribution in [2.45, 2.75) is 17.4 Å². The van der Waals surface area contributed by atoms with Gasteiger partial charge in [0.1, 0.15) is 0 Å². The standard InChI is InChI=1S/C10H11F2NO4S2/c11-9-2-1-8(5-10(9)12)19(16,17)13-7-3-4-18(14,15)6-7/h1-2,5,7,13H,3-4,6H2. The van der Waals surface area contributed by atoms with E-state index in [0.29, 0.717) is 12.1 Å². The third-order valence-electron chi connectivity index (χ3n) is 2.76. The molecular weight excluding hydrogens is 300 g/mol. The van der Waals surface area contributed by atoms with Gasteiger partial charge in [0.15, 0.2) is 21.5 Å². The maximum atomic E-state index is 13.0. The zero-order valence-corrected chi connectivity index (χ0v) is 11.3. The fourth-order valence-corrected chi connectivity index (χ4v) is 4.88. The molecule has 0 aromatic heterocycles. The quantitative estimate of drug-likeness (QED) is 0.878. The number of benzene rings is 1. The largest absolute Gasteiger partial charge is 0.240 e. The van der Waals surface area contributed by atoms with E-state index in [2.05, 4.69) is 4.72 Å². The molecule has 0 bridgehead atoms. The van der Waals surface area contributed by atoms with Gasteiger partial charge in [-0.05, 0) is 24.6 Å². The van der Waals surface area contributed by atoms with E-state index in [-0.39, 0.29) is 17.9 Å². The van der Waals surface area contributed by atoms with Crippen molar-refractivity contribution in [2.75, 3.05) is 11.5 Å². The highest BCUT2D eigenvalue weighted by molar-refractivity contribution is 7.92. The van der Waals surface area contributed by atoms with Crippen molar-refractivity contribution >= 4 is 19.9 Å². The second-order valence-corrected chi connectivity index (χ2v) is 8.24. The first kappa shape index (κ1) is 14.4. The van der Waals surface area contributed by atoms with Gasteiger partial charge in [-0.2, -0.15) is 0 Å². The van der Waals surface area contributed by atoms with Crippen LogP contribution in [0.25, 0.3) is 0 Å². The Morgan fingerprint density at radius 1 is 1.21 bits per heavy atom. The maximum absolute atomic E-state index is 13.0. The van der Waals surface area contributed by atoms with Gasteiger partial charge in [0.2, 0.25) is 10.0 Å². The molecule has 1 aromatic carbocycles. The van der Waals surface area contributed by atoms with Crippen LogP contribution in [0.4, 0.5) is 8.78 Å². The van der Waals surface area contributed by atoms with Crippen LogP contribution in [-0.2, 0) is 19.9 Å². The van der Waals surface area contributed by atoms with Gasteiger partial charge in [-0.15, -0.1) is 0 Å². The van der Waals surface area contributed by atoms with E-state index in [4.69, 9.17) is 0 Å². The number of hydrogen-bond acceptors (Lipinski definition) is 4. The molecule has 1 heterocycles. The van der Waals surface area contributed by atoms with Crippen LogP contribution in [-0.4, -0.2) is 34.4 Å². The maximum Gasteiger partial charge on any atom is 0.240 e. The first-order chi connectivity index (χ1) is 8.70. The lowest BCUT2D eigenvalue weighted by Crippen LogP contribution is -2.35. The molecule has 1 fully saturated rings. The highest BCUT2D eigenvalue weighted by Gasteiger charge is 2.31. The van der Waals surface area contributed by atoms with Gasteiger partial charge >= 0.3 is 0 Å². The Morgan fingerprint density at radius 2 is 1.89 bits per heavy atom. The Balaban J connectivity index is 2.21.